The zero-order valence-corrected chi connectivity index (χ0v) is 13.2. The van der Waals surface area contributed by atoms with Gasteiger partial charge in [0.1, 0.15) is 0 Å². The Morgan fingerprint density at radius 1 is 0.833 bits per heavy atom. The van der Waals surface area contributed by atoms with E-state index in [4.69, 9.17) is 23.2 Å². The Bertz CT molecular complexity index is 241. The second-order valence-electron chi connectivity index (χ2n) is 6.51. The first kappa shape index (κ1) is 15.2. The highest BCUT2D eigenvalue weighted by Crippen LogP contribution is 2.57. The van der Waals surface area contributed by atoms with Gasteiger partial charge in [0.05, 0.1) is 0 Å². The van der Waals surface area contributed by atoms with Crippen LogP contribution in [0.15, 0.2) is 0 Å². The topological polar surface area (TPSA) is 3.24 Å². The van der Waals surface area contributed by atoms with Gasteiger partial charge in [-0.05, 0) is 56.3 Å². The lowest BCUT2D eigenvalue weighted by molar-refractivity contribution is -0.0846. The molecule has 0 saturated heterocycles. The highest BCUT2D eigenvalue weighted by Gasteiger charge is 2.53. The first-order valence-corrected chi connectivity index (χ1v) is 8.19. The number of nitrogens with zero attached hydrogens (tertiary/aromatic N) is 1. The van der Waals surface area contributed by atoms with Crippen molar-refractivity contribution >= 4 is 35.6 Å². The summed E-state index contributed by atoms with van der Waals surface area (Å²) in [5.74, 6) is 4.52. The molecule has 0 heterocycles. The molecule has 0 atom stereocenters. The van der Waals surface area contributed by atoms with Gasteiger partial charge in [0, 0.05) is 30.4 Å². The summed E-state index contributed by atoms with van der Waals surface area (Å²) in [5.41, 5.74) is 0.485. The van der Waals surface area contributed by atoms with Crippen molar-refractivity contribution in [3.05, 3.63) is 0 Å². The Labute approximate surface area is 127 Å². The first-order chi connectivity index (χ1) is 8.25. The van der Waals surface area contributed by atoms with Crippen LogP contribution in [0, 0.1) is 17.8 Å². The summed E-state index contributed by atoms with van der Waals surface area (Å²) in [6.07, 6.45) is 8.80. The minimum atomic E-state index is 0. The van der Waals surface area contributed by atoms with Crippen LogP contribution in [-0.2, 0) is 0 Å². The van der Waals surface area contributed by atoms with Crippen molar-refractivity contribution < 1.29 is 0 Å². The molecule has 4 rings (SSSR count). The molecule has 4 heteroatoms. The van der Waals surface area contributed by atoms with Gasteiger partial charge in [-0.1, -0.05) is 0 Å². The molecule has 4 aliphatic rings. The van der Waals surface area contributed by atoms with Gasteiger partial charge in [0.2, 0.25) is 0 Å². The normalized spacial score (nSPS) is 41.2. The molecular weight excluding hydrogens is 289 g/mol. The SMILES string of the molecule is Cl.ClCCN(CCCl)C12CC3CC(CC(C3)C1)C2. The molecule has 106 valence electrons. The second kappa shape index (κ2) is 6.08. The van der Waals surface area contributed by atoms with Gasteiger partial charge in [-0.2, -0.15) is 0 Å². The summed E-state index contributed by atoms with van der Waals surface area (Å²) >= 11 is 12.0. The molecule has 1 nitrogen and oxygen atoms in total. The van der Waals surface area contributed by atoms with Gasteiger partial charge < -0.3 is 0 Å². The van der Waals surface area contributed by atoms with Gasteiger partial charge in [-0.3, -0.25) is 4.90 Å². The molecule has 4 saturated carbocycles. The highest BCUT2D eigenvalue weighted by atomic mass is 35.5. The van der Waals surface area contributed by atoms with Gasteiger partial charge in [0.15, 0.2) is 0 Å². The Hall–Kier alpha value is 0.830. The van der Waals surface area contributed by atoms with Crippen LogP contribution in [0.4, 0.5) is 0 Å². The van der Waals surface area contributed by atoms with Gasteiger partial charge in [-0.15, -0.1) is 35.6 Å². The molecule has 0 unspecified atom stereocenters. The molecule has 0 radical (unpaired) electrons. The quantitative estimate of drug-likeness (QED) is 0.689. The fourth-order valence-corrected chi connectivity index (χ4v) is 5.65. The molecule has 18 heavy (non-hydrogen) atoms. The Morgan fingerprint density at radius 3 is 1.56 bits per heavy atom. The summed E-state index contributed by atoms with van der Waals surface area (Å²) in [4.78, 5) is 2.64. The minimum absolute atomic E-state index is 0. The van der Waals surface area contributed by atoms with E-state index in [9.17, 15) is 0 Å². The Balaban J connectivity index is 0.00000120. The molecule has 4 bridgehead atoms. The number of rotatable bonds is 5. The molecule has 0 aromatic heterocycles. The van der Waals surface area contributed by atoms with Crippen LogP contribution < -0.4 is 0 Å². The summed E-state index contributed by atoms with van der Waals surface area (Å²) < 4.78 is 0. The lowest BCUT2D eigenvalue weighted by atomic mass is 9.52. The van der Waals surface area contributed by atoms with E-state index in [0.717, 1.165) is 42.6 Å². The monoisotopic (exact) mass is 311 g/mol. The maximum Gasteiger partial charge on any atom is 0.0351 e. The average molecular weight is 313 g/mol. The van der Waals surface area contributed by atoms with Crippen molar-refractivity contribution in [2.75, 3.05) is 24.8 Å². The Morgan fingerprint density at radius 2 is 1.22 bits per heavy atom. The van der Waals surface area contributed by atoms with E-state index in [1.807, 2.05) is 0 Å². The second-order valence-corrected chi connectivity index (χ2v) is 7.26. The van der Waals surface area contributed by atoms with E-state index in [1.54, 1.807) is 0 Å². The van der Waals surface area contributed by atoms with E-state index in [0.29, 0.717) is 5.54 Å². The van der Waals surface area contributed by atoms with E-state index >= 15 is 0 Å². The minimum Gasteiger partial charge on any atom is -0.295 e. The molecule has 4 fully saturated rings. The summed E-state index contributed by atoms with van der Waals surface area (Å²) in [6, 6.07) is 0. The van der Waals surface area contributed by atoms with Crippen molar-refractivity contribution in [3.63, 3.8) is 0 Å². The summed E-state index contributed by atoms with van der Waals surface area (Å²) in [7, 11) is 0. The molecule has 0 aromatic carbocycles. The first-order valence-electron chi connectivity index (χ1n) is 7.13. The van der Waals surface area contributed by atoms with E-state index in [-0.39, 0.29) is 12.4 Å². The standard InChI is InChI=1S/C14H23Cl2N.ClH/c15-1-3-17(4-2-16)14-8-11-5-12(9-14)7-13(6-11)10-14;/h11-13H,1-10H2;1H. The Kier molecular flexibility index (Phi) is 5.14. The third-order valence-electron chi connectivity index (χ3n) is 5.39. The van der Waals surface area contributed by atoms with Crippen LogP contribution in [-0.4, -0.2) is 35.3 Å². The van der Waals surface area contributed by atoms with Crippen molar-refractivity contribution in [3.8, 4) is 0 Å². The smallest absolute Gasteiger partial charge is 0.0351 e. The summed E-state index contributed by atoms with van der Waals surface area (Å²) in [6.45, 7) is 2.06. The average Bonchev–Trinajstić information content (AvgIpc) is 2.27. The molecule has 0 aromatic rings. The number of alkyl halides is 2. The number of halogens is 3. The van der Waals surface area contributed by atoms with Crippen LogP contribution in [0.3, 0.4) is 0 Å². The van der Waals surface area contributed by atoms with Crippen molar-refractivity contribution in [1.29, 1.82) is 0 Å². The summed E-state index contributed by atoms with van der Waals surface area (Å²) in [5, 5.41) is 0. The maximum atomic E-state index is 5.99. The van der Waals surface area contributed by atoms with Crippen LogP contribution >= 0.6 is 35.6 Å². The highest BCUT2D eigenvalue weighted by molar-refractivity contribution is 6.18. The molecule has 0 amide bonds. The third-order valence-corrected chi connectivity index (χ3v) is 5.72. The molecule has 0 aliphatic heterocycles. The lowest BCUT2D eigenvalue weighted by Gasteiger charge is -2.60. The molecule has 0 spiro atoms. The third kappa shape index (κ3) is 2.66. The van der Waals surface area contributed by atoms with E-state index < -0.39 is 0 Å². The van der Waals surface area contributed by atoms with Crippen molar-refractivity contribution in [2.24, 2.45) is 17.8 Å². The van der Waals surface area contributed by atoms with Crippen molar-refractivity contribution in [1.82, 2.24) is 4.90 Å². The van der Waals surface area contributed by atoms with Crippen LogP contribution in [0.5, 0.6) is 0 Å². The number of hydrogen-bond donors (Lipinski definition) is 0. The van der Waals surface area contributed by atoms with Gasteiger partial charge in [0.25, 0.3) is 0 Å². The lowest BCUT2D eigenvalue weighted by Crippen LogP contribution is -2.60. The van der Waals surface area contributed by atoms with Gasteiger partial charge in [-0.25, -0.2) is 0 Å². The van der Waals surface area contributed by atoms with Gasteiger partial charge >= 0.3 is 0 Å². The zero-order chi connectivity index (χ0) is 11.9. The van der Waals surface area contributed by atoms with Crippen LogP contribution in [0.1, 0.15) is 38.5 Å². The zero-order valence-electron chi connectivity index (χ0n) is 10.9. The predicted molar refractivity (Wildman–Crippen MR) is 81.2 cm³/mol. The van der Waals surface area contributed by atoms with Crippen LogP contribution in [0.2, 0.25) is 0 Å². The fraction of sp³-hybridized carbons (Fsp3) is 1.00. The molecular formula is C14H24Cl3N. The van der Waals surface area contributed by atoms with Crippen molar-refractivity contribution in [2.45, 2.75) is 44.1 Å². The van der Waals surface area contributed by atoms with Crippen LogP contribution in [0.25, 0.3) is 0 Å². The maximum absolute atomic E-state index is 5.99. The van der Waals surface area contributed by atoms with E-state index in [2.05, 4.69) is 4.90 Å². The fourth-order valence-electron chi connectivity index (χ4n) is 5.24. The predicted octanol–water partition coefficient (Wildman–Crippen LogP) is 4.16. The molecule has 4 aliphatic carbocycles. The van der Waals surface area contributed by atoms with E-state index in [1.165, 1.54) is 38.5 Å². The number of hydrogen-bond acceptors (Lipinski definition) is 1. The largest absolute Gasteiger partial charge is 0.295 e. The molecule has 0 N–H and O–H groups in total.